The molecule has 0 unspecified atom stereocenters. The second-order valence-corrected chi connectivity index (χ2v) is 5.83. The minimum atomic E-state index is -0.443. The summed E-state index contributed by atoms with van der Waals surface area (Å²) in [5, 5.41) is 3.56. The highest BCUT2D eigenvalue weighted by atomic mass is 35.5. The topological polar surface area (TPSA) is 21.3 Å². The Hall–Kier alpha value is -1.58. The lowest BCUT2D eigenvalue weighted by atomic mass is 10.1. The Morgan fingerprint density at radius 3 is 2.57 bits per heavy atom. The molecule has 1 fully saturated rings. The van der Waals surface area contributed by atoms with Crippen LogP contribution in [-0.4, -0.2) is 6.04 Å². The standard InChI is InChI=1S/C17H17ClFNO/c1-11-8-14(5-2-12(11)10-20-13-3-4-13)21-15-6-7-17(19)16(18)9-15/h2,5-9,13,20H,3-4,10H2,1H3. The highest BCUT2D eigenvalue weighted by molar-refractivity contribution is 6.30. The molecule has 2 aromatic carbocycles. The van der Waals surface area contributed by atoms with Crippen molar-refractivity contribution in [2.24, 2.45) is 0 Å². The summed E-state index contributed by atoms with van der Waals surface area (Å²) in [5.74, 6) is 0.816. The number of hydrogen-bond acceptors (Lipinski definition) is 2. The number of ether oxygens (including phenoxy) is 1. The van der Waals surface area contributed by atoms with Gasteiger partial charge in [-0.15, -0.1) is 0 Å². The van der Waals surface area contributed by atoms with Gasteiger partial charge in [0.05, 0.1) is 5.02 Å². The lowest BCUT2D eigenvalue weighted by Crippen LogP contribution is -2.15. The molecule has 0 bridgehead atoms. The number of rotatable bonds is 5. The van der Waals surface area contributed by atoms with Crippen molar-refractivity contribution in [1.82, 2.24) is 5.32 Å². The van der Waals surface area contributed by atoms with Crippen LogP contribution in [0, 0.1) is 12.7 Å². The third kappa shape index (κ3) is 3.74. The third-order valence-electron chi connectivity index (χ3n) is 3.60. The Bertz CT molecular complexity index is 655. The fourth-order valence-electron chi connectivity index (χ4n) is 2.15. The fraction of sp³-hybridized carbons (Fsp3) is 0.294. The number of halogens is 2. The molecule has 3 rings (SSSR count). The van der Waals surface area contributed by atoms with Gasteiger partial charge in [-0.3, -0.25) is 0 Å². The van der Waals surface area contributed by atoms with Gasteiger partial charge in [0.1, 0.15) is 17.3 Å². The van der Waals surface area contributed by atoms with Crippen LogP contribution in [0.5, 0.6) is 11.5 Å². The molecule has 0 saturated heterocycles. The van der Waals surface area contributed by atoms with Crippen LogP contribution in [0.15, 0.2) is 36.4 Å². The first kappa shape index (κ1) is 14.4. The molecule has 1 saturated carbocycles. The highest BCUT2D eigenvalue weighted by Crippen LogP contribution is 2.27. The lowest BCUT2D eigenvalue weighted by molar-refractivity contribution is 0.480. The molecular formula is C17H17ClFNO. The van der Waals surface area contributed by atoms with Gasteiger partial charge in [-0.05, 0) is 55.2 Å². The van der Waals surface area contributed by atoms with Crippen molar-refractivity contribution in [2.75, 3.05) is 0 Å². The molecular weight excluding hydrogens is 289 g/mol. The fourth-order valence-corrected chi connectivity index (χ4v) is 2.32. The zero-order valence-corrected chi connectivity index (χ0v) is 12.6. The molecule has 1 aliphatic carbocycles. The molecule has 0 heterocycles. The summed E-state index contributed by atoms with van der Waals surface area (Å²) in [6.45, 7) is 2.95. The van der Waals surface area contributed by atoms with Crippen LogP contribution in [-0.2, 0) is 6.54 Å². The minimum Gasteiger partial charge on any atom is -0.457 e. The average Bonchev–Trinajstić information content (AvgIpc) is 3.26. The van der Waals surface area contributed by atoms with Crippen LogP contribution >= 0.6 is 11.6 Å². The number of hydrogen-bond donors (Lipinski definition) is 1. The molecule has 0 atom stereocenters. The second kappa shape index (κ2) is 6.04. The van der Waals surface area contributed by atoms with E-state index < -0.39 is 5.82 Å². The molecule has 21 heavy (non-hydrogen) atoms. The van der Waals surface area contributed by atoms with Crippen molar-refractivity contribution in [3.05, 3.63) is 58.4 Å². The predicted octanol–water partition coefficient (Wildman–Crippen LogP) is 4.83. The van der Waals surface area contributed by atoms with E-state index in [1.165, 1.54) is 36.1 Å². The second-order valence-electron chi connectivity index (χ2n) is 5.42. The maximum Gasteiger partial charge on any atom is 0.142 e. The summed E-state index contributed by atoms with van der Waals surface area (Å²) < 4.78 is 18.8. The summed E-state index contributed by atoms with van der Waals surface area (Å²) in [6.07, 6.45) is 2.57. The van der Waals surface area contributed by atoms with E-state index in [0.29, 0.717) is 11.8 Å². The molecule has 1 aliphatic rings. The zero-order valence-electron chi connectivity index (χ0n) is 11.8. The van der Waals surface area contributed by atoms with E-state index in [4.69, 9.17) is 16.3 Å². The maximum absolute atomic E-state index is 13.1. The Morgan fingerprint density at radius 2 is 1.90 bits per heavy atom. The zero-order chi connectivity index (χ0) is 14.8. The molecule has 0 radical (unpaired) electrons. The van der Waals surface area contributed by atoms with Gasteiger partial charge in [0.2, 0.25) is 0 Å². The van der Waals surface area contributed by atoms with Gasteiger partial charge in [-0.25, -0.2) is 4.39 Å². The van der Waals surface area contributed by atoms with Crippen molar-refractivity contribution in [1.29, 1.82) is 0 Å². The van der Waals surface area contributed by atoms with Crippen LogP contribution in [0.1, 0.15) is 24.0 Å². The Kier molecular flexibility index (Phi) is 4.13. The molecule has 4 heteroatoms. The first-order chi connectivity index (χ1) is 10.1. The molecule has 0 aliphatic heterocycles. The summed E-state index contributed by atoms with van der Waals surface area (Å²) in [4.78, 5) is 0. The number of aryl methyl sites for hydroxylation is 1. The summed E-state index contributed by atoms with van der Waals surface area (Å²) in [7, 11) is 0. The maximum atomic E-state index is 13.1. The van der Waals surface area contributed by atoms with E-state index in [-0.39, 0.29) is 5.02 Å². The third-order valence-corrected chi connectivity index (χ3v) is 3.89. The van der Waals surface area contributed by atoms with E-state index in [1.807, 2.05) is 12.1 Å². The van der Waals surface area contributed by atoms with Crippen LogP contribution in [0.3, 0.4) is 0 Å². The van der Waals surface area contributed by atoms with Gasteiger partial charge in [0.25, 0.3) is 0 Å². The Balaban J connectivity index is 1.70. The van der Waals surface area contributed by atoms with E-state index in [2.05, 4.69) is 18.3 Å². The van der Waals surface area contributed by atoms with Crippen molar-refractivity contribution in [3.8, 4) is 11.5 Å². The number of nitrogens with one attached hydrogen (secondary N) is 1. The van der Waals surface area contributed by atoms with Gasteiger partial charge < -0.3 is 10.1 Å². The van der Waals surface area contributed by atoms with Gasteiger partial charge in [-0.2, -0.15) is 0 Å². The summed E-state index contributed by atoms with van der Waals surface area (Å²) >= 11 is 5.75. The van der Waals surface area contributed by atoms with Gasteiger partial charge in [-0.1, -0.05) is 17.7 Å². The monoisotopic (exact) mass is 305 g/mol. The van der Waals surface area contributed by atoms with Crippen molar-refractivity contribution >= 4 is 11.6 Å². The summed E-state index contributed by atoms with van der Waals surface area (Å²) in [5.41, 5.74) is 2.44. The predicted molar refractivity (Wildman–Crippen MR) is 82.5 cm³/mol. The molecule has 110 valence electrons. The average molecular weight is 306 g/mol. The normalized spacial score (nSPS) is 14.2. The van der Waals surface area contributed by atoms with Crippen LogP contribution in [0.25, 0.3) is 0 Å². The van der Waals surface area contributed by atoms with Gasteiger partial charge in [0.15, 0.2) is 0 Å². The van der Waals surface area contributed by atoms with Crippen LogP contribution in [0.2, 0.25) is 5.02 Å². The first-order valence-corrected chi connectivity index (χ1v) is 7.45. The smallest absolute Gasteiger partial charge is 0.142 e. The largest absolute Gasteiger partial charge is 0.457 e. The van der Waals surface area contributed by atoms with Crippen molar-refractivity contribution in [2.45, 2.75) is 32.4 Å². The Labute approximate surface area is 128 Å². The summed E-state index contributed by atoms with van der Waals surface area (Å²) in [6, 6.07) is 11.0. The van der Waals surface area contributed by atoms with Gasteiger partial charge >= 0.3 is 0 Å². The van der Waals surface area contributed by atoms with E-state index in [9.17, 15) is 4.39 Å². The Morgan fingerprint density at radius 1 is 1.19 bits per heavy atom. The SMILES string of the molecule is Cc1cc(Oc2ccc(F)c(Cl)c2)ccc1CNC1CC1. The van der Waals surface area contributed by atoms with Crippen LogP contribution < -0.4 is 10.1 Å². The van der Waals surface area contributed by atoms with Crippen molar-refractivity contribution in [3.63, 3.8) is 0 Å². The van der Waals surface area contributed by atoms with E-state index in [0.717, 1.165) is 12.3 Å². The molecule has 0 amide bonds. The quantitative estimate of drug-likeness (QED) is 0.854. The molecule has 2 nitrogen and oxygen atoms in total. The highest BCUT2D eigenvalue weighted by Gasteiger charge is 2.20. The first-order valence-electron chi connectivity index (χ1n) is 7.07. The molecule has 0 aromatic heterocycles. The van der Waals surface area contributed by atoms with E-state index in [1.54, 1.807) is 6.07 Å². The van der Waals surface area contributed by atoms with Gasteiger partial charge in [0, 0.05) is 18.7 Å². The molecule has 0 spiro atoms. The molecule has 2 aromatic rings. The van der Waals surface area contributed by atoms with Crippen LogP contribution in [0.4, 0.5) is 4.39 Å². The van der Waals surface area contributed by atoms with E-state index >= 15 is 0 Å². The number of benzene rings is 2. The van der Waals surface area contributed by atoms with Crippen molar-refractivity contribution < 1.29 is 9.13 Å². The minimum absolute atomic E-state index is 0.0643. The lowest BCUT2D eigenvalue weighted by Gasteiger charge is -2.11. The molecule has 1 N–H and O–H groups in total.